The molecule has 5 nitrogen and oxygen atoms in total. The summed E-state index contributed by atoms with van der Waals surface area (Å²) in [4.78, 5) is 25.2. The first-order valence-electron chi connectivity index (χ1n) is 7.05. The van der Waals surface area contributed by atoms with E-state index in [0.29, 0.717) is 12.5 Å². The lowest BCUT2D eigenvalue weighted by atomic mass is 9.96. The predicted octanol–water partition coefficient (Wildman–Crippen LogP) is 1.03. The van der Waals surface area contributed by atoms with Gasteiger partial charge in [0.1, 0.15) is 6.04 Å². The predicted molar refractivity (Wildman–Crippen MR) is 73.6 cm³/mol. The molecule has 1 aliphatic heterocycles. The van der Waals surface area contributed by atoms with Crippen LogP contribution in [0.4, 0.5) is 0 Å². The van der Waals surface area contributed by atoms with Crippen LogP contribution in [0.2, 0.25) is 0 Å². The number of piperidine rings is 1. The number of nitrogens with one attached hydrogen (secondary N) is 1. The van der Waals surface area contributed by atoms with Crippen LogP contribution in [0.15, 0.2) is 0 Å². The molecule has 0 aromatic carbocycles. The molecule has 1 saturated heterocycles. The van der Waals surface area contributed by atoms with Gasteiger partial charge in [0.05, 0.1) is 7.11 Å². The first-order chi connectivity index (χ1) is 8.95. The van der Waals surface area contributed by atoms with E-state index >= 15 is 0 Å². The molecule has 110 valence electrons. The minimum Gasteiger partial charge on any atom is -0.468 e. The Balaban J connectivity index is 2.42. The minimum absolute atomic E-state index is 0.0219. The van der Waals surface area contributed by atoms with Crippen molar-refractivity contribution in [2.24, 2.45) is 11.8 Å². The van der Waals surface area contributed by atoms with Crippen LogP contribution in [-0.2, 0) is 14.3 Å². The van der Waals surface area contributed by atoms with E-state index < -0.39 is 0 Å². The zero-order valence-corrected chi connectivity index (χ0v) is 12.4. The monoisotopic (exact) mass is 270 g/mol. The van der Waals surface area contributed by atoms with Gasteiger partial charge in [-0.1, -0.05) is 13.8 Å². The van der Waals surface area contributed by atoms with E-state index in [4.69, 9.17) is 4.74 Å². The number of carbonyl (C=O) groups is 2. The summed E-state index contributed by atoms with van der Waals surface area (Å²) >= 11 is 0. The molecule has 1 amide bonds. The van der Waals surface area contributed by atoms with Crippen molar-refractivity contribution in [1.82, 2.24) is 10.2 Å². The Morgan fingerprint density at radius 1 is 1.37 bits per heavy atom. The van der Waals surface area contributed by atoms with Crippen molar-refractivity contribution in [2.45, 2.75) is 39.7 Å². The van der Waals surface area contributed by atoms with Crippen LogP contribution in [0.3, 0.4) is 0 Å². The smallest absolute Gasteiger partial charge is 0.322 e. The molecule has 0 unspecified atom stereocenters. The molecule has 1 N–H and O–H groups in total. The second-order valence-electron chi connectivity index (χ2n) is 5.60. The van der Waals surface area contributed by atoms with Gasteiger partial charge in [-0.2, -0.15) is 0 Å². The number of hydrogen-bond acceptors (Lipinski definition) is 4. The van der Waals surface area contributed by atoms with Crippen LogP contribution in [0.25, 0.3) is 0 Å². The van der Waals surface area contributed by atoms with Crippen LogP contribution in [0.5, 0.6) is 0 Å². The molecule has 0 aliphatic carbocycles. The highest BCUT2D eigenvalue weighted by Crippen LogP contribution is 2.18. The molecule has 0 bridgehead atoms. The van der Waals surface area contributed by atoms with Gasteiger partial charge in [0.15, 0.2) is 0 Å². The van der Waals surface area contributed by atoms with Crippen molar-refractivity contribution in [2.75, 3.05) is 26.7 Å². The maximum Gasteiger partial charge on any atom is 0.322 e. The molecule has 0 aromatic heterocycles. The molecule has 0 saturated carbocycles. The number of methoxy groups -OCH3 is 1. The number of amides is 1. The third-order valence-electron chi connectivity index (χ3n) is 3.73. The van der Waals surface area contributed by atoms with Crippen molar-refractivity contribution in [3.63, 3.8) is 0 Å². The fourth-order valence-corrected chi connectivity index (χ4v) is 2.38. The van der Waals surface area contributed by atoms with E-state index in [1.165, 1.54) is 7.11 Å². The SMILES string of the molecule is COC(=O)[C@@H](C)N1CCC[C@@H](CNC(=O)C(C)C)C1. The van der Waals surface area contributed by atoms with Gasteiger partial charge < -0.3 is 10.1 Å². The van der Waals surface area contributed by atoms with Gasteiger partial charge in [-0.25, -0.2) is 0 Å². The van der Waals surface area contributed by atoms with E-state index in [-0.39, 0.29) is 23.8 Å². The first kappa shape index (κ1) is 16.0. The highest BCUT2D eigenvalue weighted by Gasteiger charge is 2.28. The second-order valence-corrected chi connectivity index (χ2v) is 5.60. The zero-order valence-electron chi connectivity index (χ0n) is 12.4. The number of esters is 1. The molecule has 19 heavy (non-hydrogen) atoms. The molecule has 0 spiro atoms. The molecule has 2 atom stereocenters. The maximum atomic E-state index is 11.6. The fourth-order valence-electron chi connectivity index (χ4n) is 2.38. The average Bonchev–Trinajstić information content (AvgIpc) is 2.43. The largest absolute Gasteiger partial charge is 0.468 e. The van der Waals surface area contributed by atoms with Gasteiger partial charge >= 0.3 is 5.97 Å². The molecule has 0 aromatic rings. The number of carbonyl (C=O) groups excluding carboxylic acids is 2. The normalized spacial score (nSPS) is 22.1. The maximum absolute atomic E-state index is 11.6. The van der Waals surface area contributed by atoms with Gasteiger partial charge in [0, 0.05) is 19.0 Å². The van der Waals surface area contributed by atoms with Gasteiger partial charge in [-0.05, 0) is 32.2 Å². The molecule has 1 heterocycles. The van der Waals surface area contributed by atoms with Crippen molar-refractivity contribution in [3.05, 3.63) is 0 Å². The number of likely N-dealkylation sites (tertiary alicyclic amines) is 1. The van der Waals surface area contributed by atoms with Crippen LogP contribution < -0.4 is 5.32 Å². The van der Waals surface area contributed by atoms with E-state index in [9.17, 15) is 9.59 Å². The van der Waals surface area contributed by atoms with E-state index in [0.717, 1.165) is 25.9 Å². The minimum atomic E-state index is -0.200. The molecular formula is C14H26N2O3. The Bertz CT molecular complexity index is 318. The van der Waals surface area contributed by atoms with Crippen molar-refractivity contribution in [1.29, 1.82) is 0 Å². The van der Waals surface area contributed by atoms with E-state index in [1.807, 2.05) is 20.8 Å². The zero-order chi connectivity index (χ0) is 14.4. The Labute approximate surface area is 115 Å². The van der Waals surface area contributed by atoms with Gasteiger partial charge in [-0.15, -0.1) is 0 Å². The summed E-state index contributed by atoms with van der Waals surface area (Å²) in [5.41, 5.74) is 0. The summed E-state index contributed by atoms with van der Waals surface area (Å²) in [6.07, 6.45) is 2.16. The molecule has 1 fully saturated rings. The second kappa shape index (κ2) is 7.48. The Hall–Kier alpha value is -1.10. The van der Waals surface area contributed by atoms with Crippen LogP contribution in [-0.4, -0.2) is 49.6 Å². The summed E-state index contributed by atoms with van der Waals surface area (Å²) in [6, 6.07) is -0.200. The summed E-state index contributed by atoms with van der Waals surface area (Å²) in [5, 5.41) is 2.97. The lowest BCUT2D eigenvalue weighted by molar-refractivity contribution is -0.147. The van der Waals surface area contributed by atoms with Crippen molar-refractivity contribution >= 4 is 11.9 Å². The molecular weight excluding hydrogens is 244 g/mol. The summed E-state index contributed by atoms with van der Waals surface area (Å²) in [5.74, 6) is 0.349. The highest BCUT2D eigenvalue weighted by molar-refractivity contribution is 5.77. The quantitative estimate of drug-likeness (QED) is 0.758. The summed E-state index contributed by atoms with van der Waals surface area (Å²) < 4.78 is 4.78. The van der Waals surface area contributed by atoms with E-state index in [2.05, 4.69) is 10.2 Å². The van der Waals surface area contributed by atoms with Crippen LogP contribution in [0.1, 0.15) is 33.6 Å². The Kier molecular flexibility index (Phi) is 6.28. The number of ether oxygens (including phenoxy) is 1. The first-order valence-corrected chi connectivity index (χ1v) is 7.05. The summed E-state index contributed by atoms with van der Waals surface area (Å²) in [6.45, 7) is 8.12. The Morgan fingerprint density at radius 2 is 2.05 bits per heavy atom. The Morgan fingerprint density at radius 3 is 2.63 bits per heavy atom. The molecule has 5 heteroatoms. The number of hydrogen-bond donors (Lipinski definition) is 1. The van der Waals surface area contributed by atoms with Crippen molar-refractivity contribution < 1.29 is 14.3 Å². The fraction of sp³-hybridized carbons (Fsp3) is 0.857. The highest BCUT2D eigenvalue weighted by atomic mass is 16.5. The lowest BCUT2D eigenvalue weighted by Crippen LogP contribution is -2.48. The van der Waals surface area contributed by atoms with Gasteiger partial charge in [0.25, 0.3) is 0 Å². The lowest BCUT2D eigenvalue weighted by Gasteiger charge is -2.35. The standard InChI is InChI=1S/C14H26N2O3/c1-10(2)13(17)15-8-12-6-5-7-16(9-12)11(3)14(18)19-4/h10-12H,5-9H2,1-4H3,(H,15,17)/t11-,12+/m1/s1. The van der Waals surface area contributed by atoms with Crippen LogP contribution >= 0.6 is 0 Å². The van der Waals surface area contributed by atoms with Gasteiger partial charge in [-0.3, -0.25) is 14.5 Å². The third kappa shape index (κ3) is 4.82. The molecule has 1 aliphatic rings. The number of rotatable bonds is 5. The number of nitrogens with zero attached hydrogens (tertiary/aromatic N) is 1. The van der Waals surface area contributed by atoms with Crippen molar-refractivity contribution in [3.8, 4) is 0 Å². The van der Waals surface area contributed by atoms with Gasteiger partial charge in [0.2, 0.25) is 5.91 Å². The van der Waals surface area contributed by atoms with Crippen LogP contribution in [0, 0.1) is 11.8 Å². The van der Waals surface area contributed by atoms with E-state index in [1.54, 1.807) is 0 Å². The third-order valence-corrected chi connectivity index (χ3v) is 3.73. The molecule has 1 rings (SSSR count). The molecule has 0 radical (unpaired) electrons. The topological polar surface area (TPSA) is 58.6 Å². The summed E-state index contributed by atoms with van der Waals surface area (Å²) in [7, 11) is 1.42. The average molecular weight is 270 g/mol.